The van der Waals surface area contributed by atoms with Gasteiger partial charge in [0.05, 0.1) is 43.3 Å². The molecule has 3 aromatic rings. The lowest BCUT2D eigenvalue weighted by Crippen LogP contribution is -2.25. The molecular weight excluding hydrogens is 478 g/mol. The molecule has 0 saturated heterocycles. The van der Waals surface area contributed by atoms with Crippen molar-refractivity contribution in [1.82, 2.24) is 5.43 Å². The van der Waals surface area contributed by atoms with Gasteiger partial charge in [0, 0.05) is 30.4 Å². The van der Waals surface area contributed by atoms with E-state index >= 15 is 0 Å². The summed E-state index contributed by atoms with van der Waals surface area (Å²) < 4.78 is 5.65. The molecule has 0 aromatic heterocycles. The van der Waals surface area contributed by atoms with Crippen molar-refractivity contribution < 1.29 is 9.53 Å². The molecule has 0 radical (unpaired) electrons. The van der Waals surface area contributed by atoms with E-state index in [1.165, 1.54) is 7.11 Å². The lowest BCUT2D eigenvalue weighted by Gasteiger charge is -2.23. The van der Waals surface area contributed by atoms with E-state index in [-0.39, 0.29) is 11.7 Å². The molecule has 192 valence electrons. The fourth-order valence-electron chi connectivity index (χ4n) is 3.59. The van der Waals surface area contributed by atoms with Gasteiger partial charge in [0.15, 0.2) is 0 Å². The first-order valence-electron chi connectivity index (χ1n) is 12.1. The molecule has 0 heterocycles. The largest absolute Gasteiger partial charge is 0.496 e. The molecule has 0 fully saturated rings. The van der Waals surface area contributed by atoms with E-state index in [1.54, 1.807) is 24.3 Å². The Kier molecular flexibility index (Phi) is 10.1. The SMILES string of the molecule is COc1cc(N(CCC#N)CCC#N)ccc1C(N=Nc1ccccc1C)=NNC(=O)c1ccc(C)cc1. The molecule has 9 nitrogen and oxygen atoms in total. The third-order valence-corrected chi connectivity index (χ3v) is 5.72. The van der Waals surface area contributed by atoms with Crippen molar-refractivity contribution in [2.75, 3.05) is 25.1 Å². The Bertz CT molecular complexity index is 1380. The van der Waals surface area contributed by atoms with Crippen molar-refractivity contribution in [2.24, 2.45) is 15.3 Å². The first-order valence-corrected chi connectivity index (χ1v) is 12.1. The number of anilines is 1. The summed E-state index contributed by atoms with van der Waals surface area (Å²) in [6.07, 6.45) is 0.635. The topological polar surface area (TPSA) is 126 Å². The van der Waals surface area contributed by atoms with E-state index in [0.29, 0.717) is 48.5 Å². The molecule has 0 unspecified atom stereocenters. The van der Waals surface area contributed by atoms with Gasteiger partial charge >= 0.3 is 0 Å². The molecule has 0 spiro atoms. The van der Waals surface area contributed by atoms with E-state index in [4.69, 9.17) is 15.3 Å². The number of rotatable bonds is 10. The normalized spacial score (nSPS) is 11.0. The van der Waals surface area contributed by atoms with E-state index in [1.807, 2.05) is 61.2 Å². The van der Waals surface area contributed by atoms with Crippen molar-refractivity contribution in [3.05, 3.63) is 89.0 Å². The van der Waals surface area contributed by atoms with E-state index in [2.05, 4.69) is 32.9 Å². The average Bonchev–Trinajstić information content (AvgIpc) is 2.94. The van der Waals surface area contributed by atoms with Crippen LogP contribution in [0.15, 0.2) is 82.1 Å². The number of carbonyl (C=O) groups excluding carboxylic acids is 1. The molecule has 0 aliphatic heterocycles. The monoisotopic (exact) mass is 507 g/mol. The summed E-state index contributed by atoms with van der Waals surface area (Å²) >= 11 is 0. The van der Waals surface area contributed by atoms with Gasteiger partial charge in [0.1, 0.15) is 5.75 Å². The molecule has 38 heavy (non-hydrogen) atoms. The Balaban J connectivity index is 2.00. The molecule has 3 rings (SSSR count). The van der Waals surface area contributed by atoms with E-state index < -0.39 is 0 Å². The summed E-state index contributed by atoms with van der Waals surface area (Å²) in [6, 6.07) is 24.4. The molecule has 9 heteroatoms. The van der Waals surface area contributed by atoms with Gasteiger partial charge in [-0.1, -0.05) is 35.9 Å². The van der Waals surface area contributed by atoms with Crippen LogP contribution in [0, 0.1) is 36.5 Å². The number of benzene rings is 3. The number of nitrogens with one attached hydrogen (secondary N) is 1. The van der Waals surface area contributed by atoms with Crippen LogP contribution in [-0.2, 0) is 0 Å². The molecule has 0 aliphatic rings. The quantitative estimate of drug-likeness (QED) is 0.160. The van der Waals surface area contributed by atoms with Crippen molar-refractivity contribution in [3.63, 3.8) is 0 Å². The zero-order chi connectivity index (χ0) is 27.3. The number of hydrogen-bond donors (Lipinski definition) is 1. The highest BCUT2D eigenvalue weighted by Crippen LogP contribution is 2.28. The third-order valence-electron chi connectivity index (χ3n) is 5.72. The van der Waals surface area contributed by atoms with Crippen LogP contribution in [0.3, 0.4) is 0 Å². The van der Waals surface area contributed by atoms with Crippen LogP contribution in [-0.4, -0.2) is 31.9 Å². The number of hydrazone groups is 1. The summed E-state index contributed by atoms with van der Waals surface area (Å²) in [4.78, 5) is 14.7. The highest BCUT2D eigenvalue weighted by molar-refractivity contribution is 6.03. The lowest BCUT2D eigenvalue weighted by atomic mass is 10.1. The predicted molar refractivity (Wildman–Crippen MR) is 147 cm³/mol. The van der Waals surface area contributed by atoms with Crippen LogP contribution >= 0.6 is 0 Å². The van der Waals surface area contributed by atoms with E-state index in [9.17, 15) is 4.79 Å². The van der Waals surface area contributed by atoms with Gasteiger partial charge in [0.25, 0.3) is 5.91 Å². The zero-order valence-corrected chi connectivity index (χ0v) is 21.7. The van der Waals surface area contributed by atoms with Gasteiger partial charge < -0.3 is 9.64 Å². The number of ether oxygens (including phenoxy) is 1. The highest BCUT2D eigenvalue weighted by Gasteiger charge is 2.16. The van der Waals surface area contributed by atoms with Crippen LogP contribution < -0.4 is 15.1 Å². The Labute approximate surface area is 222 Å². The van der Waals surface area contributed by atoms with Crippen LogP contribution in [0.4, 0.5) is 11.4 Å². The Morgan fingerprint density at radius 2 is 1.66 bits per heavy atom. The first kappa shape index (κ1) is 27.6. The molecule has 1 amide bonds. The van der Waals surface area contributed by atoms with Gasteiger partial charge in [-0.15, -0.1) is 15.3 Å². The molecule has 0 saturated carbocycles. The van der Waals surface area contributed by atoms with Gasteiger partial charge in [-0.05, 0) is 49.7 Å². The maximum atomic E-state index is 12.7. The van der Waals surface area contributed by atoms with Crippen molar-refractivity contribution in [2.45, 2.75) is 26.7 Å². The number of nitrogens with zero attached hydrogens (tertiary/aromatic N) is 6. The minimum atomic E-state index is -0.386. The summed E-state index contributed by atoms with van der Waals surface area (Å²) in [5.41, 5.74) is 6.98. The number of amidine groups is 1. The Morgan fingerprint density at radius 1 is 0.974 bits per heavy atom. The Morgan fingerprint density at radius 3 is 2.29 bits per heavy atom. The first-order chi connectivity index (χ1) is 18.5. The number of hydrogen-bond acceptors (Lipinski definition) is 7. The second-order valence-corrected chi connectivity index (χ2v) is 8.42. The van der Waals surface area contributed by atoms with E-state index in [0.717, 1.165) is 16.8 Å². The number of aryl methyl sites for hydroxylation is 2. The van der Waals surface area contributed by atoms with Crippen LogP contribution in [0.2, 0.25) is 0 Å². The lowest BCUT2D eigenvalue weighted by molar-refractivity contribution is 0.0954. The Hall–Kier alpha value is -5.02. The van der Waals surface area contributed by atoms with Crippen molar-refractivity contribution >= 4 is 23.1 Å². The smallest absolute Gasteiger partial charge is 0.271 e. The molecule has 0 bridgehead atoms. The highest BCUT2D eigenvalue weighted by atomic mass is 16.5. The number of azo groups is 1. The summed E-state index contributed by atoms with van der Waals surface area (Å²) in [7, 11) is 1.53. The van der Waals surface area contributed by atoms with Crippen LogP contribution in [0.1, 0.15) is 39.9 Å². The number of methoxy groups -OCH3 is 1. The fourth-order valence-corrected chi connectivity index (χ4v) is 3.59. The maximum absolute atomic E-state index is 12.7. The third kappa shape index (κ3) is 7.49. The second kappa shape index (κ2) is 13.9. The molecule has 0 atom stereocenters. The molecule has 1 N–H and O–H groups in total. The predicted octanol–water partition coefficient (Wildman–Crippen LogP) is 5.82. The van der Waals surface area contributed by atoms with Gasteiger partial charge in [0.2, 0.25) is 5.84 Å². The van der Waals surface area contributed by atoms with Gasteiger partial charge in [-0.3, -0.25) is 4.79 Å². The summed E-state index contributed by atoms with van der Waals surface area (Å²) in [6.45, 7) is 4.82. The van der Waals surface area contributed by atoms with Crippen LogP contribution in [0.5, 0.6) is 5.75 Å². The van der Waals surface area contributed by atoms with Crippen molar-refractivity contribution in [3.8, 4) is 17.9 Å². The summed E-state index contributed by atoms with van der Waals surface area (Å²) in [5, 5.41) is 31.1. The standard InChI is InChI=1S/C29H29N7O2/c1-21-10-12-23(13-11-21)29(37)35-34-28(33-32-26-9-5-4-8-22(26)2)25-15-14-24(20-27(25)38-3)36(18-6-16-30)19-7-17-31/h4-5,8-15,20H,6-7,18-19H2,1-3H3,(H,35,37). The maximum Gasteiger partial charge on any atom is 0.271 e. The average molecular weight is 508 g/mol. The number of nitriles is 2. The molecule has 3 aromatic carbocycles. The van der Waals surface area contributed by atoms with Gasteiger partial charge in [-0.25, -0.2) is 5.43 Å². The number of amides is 1. The number of carbonyl (C=O) groups is 1. The van der Waals surface area contributed by atoms with Crippen molar-refractivity contribution in [1.29, 1.82) is 10.5 Å². The zero-order valence-electron chi connectivity index (χ0n) is 21.7. The minimum absolute atomic E-state index is 0.151. The molecular formula is C29H29N7O2. The van der Waals surface area contributed by atoms with Crippen LogP contribution in [0.25, 0.3) is 0 Å². The summed E-state index contributed by atoms with van der Waals surface area (Å²) in [5.74, 6) is 0.217. The minimum Gasteiger partial charge on any atom is -0.496 e. The van der Waals surface area contributed by atoms with Gasteiger partial charge in [-0.2, -0.15) is 10.5 Å². The fraction of sp³-hybridized carbons (Fsp3) is 0.241. The molecule has 0 aliphatic carbocycles. The second-order valence-electron chi connectivity index (χ2n) is 8.42.